The van der Waals surface area contributed by atoms with Crippen molar-refractivity contribution in [3.63, 3.8) is 0 Å². The van der Waals surface area contributed by atoms with Gasteiger partial charge in [0.15, 0.2) is 0 Å². The molecule has 0 aliphatic carbocycles. The van der Waals surface area contributed by atoms with Crippen molar-refractivity contribution in [2.24, 2.45) is 5.92 Å². The van der Waals surface area contributed by atoms with Gasteiger partial charge in [-0.15, -0.1) is 0 Å². The number of nitrogens with zero attached hydrogens (tertiary/aromatic N) is 1. The van der Waals surface area contributed by atoms with Crippen LogP contribution in [0.2, 0.25) is 0 Å². The average molecular weight is 202 g/mol. The van der Waals surface area contributed by atoms with Crippen LogP contribution in [-0.4, -0.2) is 50.3 Å². The van der Waals surface area contributed by atoms with Gasteiger partial charge in [0.05, 0.1) is 13.2 Å². The molecule has 1 heterocycles. The van der Waals surface area contributed by atoms with Crippen LogP contribution in [0.1, 0.15) is 22.2 Å². The maximum absolute atomic E-state index is 5.34. The van der Waals surface area contributed by atoms with Crippen molar-refractivity contribution in [1.82, 2.24) is 10.2 Å². The van der Waals surface area contributed by atoms with Gasteiger partial charge >= 0.3 is 0 Å². The largest absolute Gasteiger partial charge is 0.379 e. The second-order valence-electron chi connectivity index (χ2n) is 4.32. The molecular weight excluding hydrogens is 176 g/mol. The molecule has 1 aliphatic heterocycles. The quantitative estimate of drug-likeness (QED) is 0.725. The lowest BCUT2D eigenvalue weighted by molar-refractivity contribution is 0.0311. The summed E-state index contributed by atoms with van der Waals surface area (Å²) < 4.78 is 5.34. The lowest BCUT2D eigenvalue weighted by Crippen LogP contribution is -2.47. The van der Waals surface area contributed by atoms with Gasteiger partial charge in [-0.25, -0.2) is 0 Å². The molecule has 0 aromatic carbocycles. The standard InChI is InChI=1S/C11H24N2O.H2/c1-4-12-11(10(2)3)9-13-5-7-14-8-6-13;/h10-12H,4-9H2,1-3H3;1H. The highest BCUT2D eigenvalue weighted by atomic mass is 16.5. The number of nitrogens with one attached hydrogen (secondary N) is 1. The summed E-state index contributed by atoms with van der Waals surface area (Å²) >= 11 is 0. The Bertz CT molecular complexity index is 150. The Morgan fingerprint density at radius 2 is 2.00 bits per heavy atom. The molecule has 1 atom stereocenters. The monoisotopic (exact) mass is 202 g/mol. The molecule has 0 saturated carbocycles. The van der Waals surface area contributed by atoms with E-state index in [4.69, 9.17) is 4.74 Å². The lowest BCUT2D eigenvalue weighted by atomic mass is 10.0. The zero-order chi connectivity index (χ0) is 10.4. The van der Waals surface area contributed by atoms with Crippen molar-refractivity contribution in [3.8, 4) is 0 Å². The fraction of sp³-hybridized carbons (Fsp3) is 1.00. The molecule has 3 heteroatoms. The minimum Gasteiger partial charge on any atom is -0.379 e. The number of rotatable bonds is 5. The van der Waals surface area contributed by atoms with E-state index in [9.17, 15) is 0 Å². The zero-order valence-electron chi connectivity index (χ0n) is 9.75. The van der Waals surface area contributed by atoms with Crippen molar-refractivity contribution < 1.29 is 6.16 Å². The van der Waals surface area contributed by atoms with Gasteiger partial charge in [0, 0.05) is 27.1 Å². The Morgan fingerprint density at radius 3 is 2.50 bits per heavy atom. The van der Waals surface area contributed by atoms with Gasteiger partial charge in [0.2, 0.25) is 0 Å². The Labute approximate surface area is 89.3 Å². The van der Waals surface area contributed by atoms with Gasteiger partial charge in [0.1, 0.15) is 0 Å². The van der Waals surface area contributed by atoms with Crippen molar-refractivity contribution in [3.05, 3.63) is 0 Å². The first kappa shape index (κ1) is 12.0. The SMILES string of the molecule is CCNC(CN1CCOCC1)C(C)C.[HH]. The second kappa shape index (κ2) is 6.38. The summed E-state index contributed by atoms with van der Waals surface area (Å²) in [5.74, 6) is 0.706. The minimum atomic E-state index is 0. The van der Waals surface area contributed by atoms with E-state index in [0.29, 0.717) is 12.0 Å². The first-order valence-electron chi connectivity index (χ1n) is 5.77. The molecule has 1 aliphatic rings. The summed E-state index contributed by atoms with van der Waals surface area (Å²) in [7, 11) is 0. The molecule has 0 bridgehead atoms. The molecule has 0 aromatic rings. The molecule has 1 fully saturated rings. The van der Waals surface area contributed by atoms with Crippen molar-refractivity contribution in [1.29, 1.82) is 0 Å². The number of ether oxygens (including phenoxy) is 1. The molecule has 1 N–H and O–H groups in total. The van der Waals surface area contributed by atoms with Gasteiger partial charge in [-0.05, 0) is 12.5 Å². The summed E-state index contributed by atoms with van der Waals surface area (Å²) in [6.07, 6.45) is 0. The molecule has 0 amide bonds. The normalized spacial score (nSPS) is 21.4. The van der Waals surface area contributed by atoms with Crippen molar-refractivity contribution in [2.75, 3.05) is 39.4 Å². The van der Waals surface area contributed by atoms with Gasteiger partial charge < -0.3 is 10.1 Å². The molecule has 14 heavy (non-hydrogen) atoms. The van der Waals surface area contributed by atoms with E-state index in [1.54, 1.807) is 0 Å². The lowest BCUT2D eigenvalue weighted by Gasteiger charge is -2.32. The number of morpholine rings is 1. The maximum atomic E-state index is 5.34. The van der Waals surface area contributed by atoms with Crippen LogP contribution in [0.25, 0.3) is 0 Å². The Balaban J connectivity index is 0.00000196. The van der Waals surface area contributed by atoms with Crippen LogP contribution in [0.15, 0.2) is 0 Å². The summed E-state index contributed by atoms with van der Waals surface area (Å²) in [5.41, 5.74) is 0. The topological polar surface area (TPSA) is 24.5 Å². The summed E-state index contributed by atoms with van der Waals surface area (Å²) in [4.78, 5) is 2.50. The van der Waals surface area contributed by atoms with Crippen LogP contribution in [0, 0.1) is 5.92 Å². The summed E-state index contributed by atoms with van der Waals surface area (Å²) in [5, 5.41) is 3.55. The highest BCUT2D eigenvalue weighted by Crippen LogP contribution is 2.06. The van der Waals surface area contributed by atoms with Gasteiger partial charge in [-0.1, -0.05) is 20.8 Å². The highest BCUT2D eigenvalue weighted by molar-refractivity contribution is 4.75. The van der Waals surface area contributed by atoms with Crippen LogP contribution >= 0.6 is 0 Å². The third-order valence-electron chi connectivity index (χ3n) is 2.83. The van der Waals surface area contributed by atoms with E-state index in [1.165, 1.54) is 0 Å². The average Bonchev–Trinajstić information content (AvgIpc) is 2.18. The van der Waals surface area contributed by atoms with Crippen molar-refractivity contribution in [2.45, 2.75) is 26.8 Å². The number of likely N-dealkylation sites (N-methyl/N-ethyl adjacent to an activating group) is 1. The molecule has 1 rings (SSSR count). The Morgan fingerprint density at radius 1 is 1.36 bits per heavy atom. The molecule has 86 valence electrons. The predicted molar refractivity (Wildman–Crippen MR) is 61.7 cm³/mol. The van der Waals surface area contributed by atoms with Gasteiger partial charge in [-0.2, -0.15) is 0 Å². The molecule has 1 unspecified atom stereocenters. The van der Waals surface area contributed by atoms with E-state index in [1.807, 2.05) is 0 Å². The van der Waals surface area contributed by atoms with Crippen LogP contribution < -0.4 is 5.32 Å². The first-order chi connectivity index (χ1) is 6.74. The third kappa shape index (κ3) is 3.95. The van der Waals surface area contributed by atoms with Crippen LogP contribution in [0.4, 0.5) is 0 Å². The van der Waals surface area contributed by atoms with E-state index in [2.05, 4.69) is 31.0 Å². The van der Waals surface area contributed by atoms with Crippen molar-refractivity contribution >= 4 is 0 Å². The van der Waals surface area contributed by atoms with Crippen LogP contribution in [-0.2, 0) is 4.74 Å². The number of hydrogen-bond acceptors (Lipinski definition) is 3. The summed E-state index contributed by atoms with van der Waals surface area (Å²) in [6.45, 7) is 13.0. The van der Waals surface area contributed by atoms with Gasteiger partial charge in [0.25, 0.3) is 0 Å². The molecule has 0 aromatic heterocycles. The minimum absolute atomic E-state index is 0. The molecule has 3 nitrogen and oxygen atoms in total. The Kier molecular flexibility index (Phi) is 5.45. The fourth-order valence-corrected chi connectivity index (χ4v) is 1.84. The zero-order valence-corrected chi connectivity index (χ0v) is 9.75. The maximum Gasteiger partial charge on any atom is 0.0594 e. The number of hydrogen-bond donors (Lipinski definition) is 1. The molecule has 1 saturated heterocycles. The Hall–Kier alpha value is -0.120. The van der Waals surface area contributed by atoms with E-state index in [0.717, 1.165) is 39.4 Å². The molecule has 0 spiro atoms. The van der Waals surface area contributed by atoms with Gasteiger partial charge in [-0.3, -0.25) is 4.90 Å². The van der Waals surface area contributed by atoms with E-state index < -0.39 is 0 Å². The smallest absolute Gasteiger partial charge is 0.0594 e. The molecule has 0 radical (unpaired) electrons. The predicted octanol–water partition coefficient (Wildman–Crippen LogP) is 1.20. The fourth-order valence-electron chi connectivity index (χ4n) is 1.84. The molecular formula is C11H26N2O. The first-order valence-corrected chi connectivity index (χ1v) is 5.77. The highest BCUT2D eigenvalue weighted by Gasteiger charge is 2.18. The third-order valence-corrected chi connectivity index (χ3v) is 2.83. The second-order valence-corrected chi connectivity index (χ2v) is 4.32. The van der Waals surface area contributed by atoms with Crippen LogP contribution in [0.3, 0.4) is 0 Å². The van der Waals surface area contributed by atoms with E-state index >= 15 is 0 Å². The summed E-state index contributed by atoms with van der Waals surface area (Å²) in [6, 6.07) is 0.623. The van der Waals surface area contributed by atoms with Crippen LogP contribution in [0.5, 0.6) is 0 Å². The van der Waals surface area contributed by atoms with E-state index in [-0.39, 0.29) is 1.43 Å².